The van der Waals surface area contributed by atoms with Crippen molar-refractivity contribution in [3.8, 4) is 11.5 Å². The molecule has 0 radical (unpaired) electrons. The molecule has 2 amide bonds. The number of nitrogens with zero attached hydrogens (tertiary/aromatic N) is 4. The molecule has 2 aliphatic rings. The first kappa shape index (κ1) is 28.3. The predicted octanol–water partition coefficient (Wildman–Crippen LogP) is 6.70. The van der Waals surface area contributed by atoms with E-state index in [-0.39, 0.29) is 12.1 Å². The summed E-state index contributed by atoms with van der Waals surface area (Å²) in [4.78, 5) is 25.7. The van der Waals surface area contributed by atoms with Crippen molar-refractivity contribution < 1.29 is 14.3 Å². The highest BCUT2D eigenvalue weighted by Crippen LogP contribution is 2.45. The number of piperazine rings is 1. The molecule has 7 nitrogen and oxygen atoms in total. The molecule has 1 saturated heterocycles. The third kappa shape index (κ3) is 5.92. The minimum Gasteiger partial charge on any atom is -0.494 e. The first-order chi connectivity index (χ1) is 19.4. The zero-order valence-corrected chi connectivity index (χ0v) is 24.5. The van der Waals surface area contributed by atoms with Crippen LogP contribution in [0, 0.1) is 0 Å². The maximum atomic E-state index is 14.5. The van der Waals surface area contributed by atoms with Gasteiger partial charge in [-0.25, -0.2) is 4.79 Å². The molecule has 2 atom stereocenters. The number of aliphatic imine (C=N–C) groups is 1. The van der Waals surface area contributed by atoms with Crippen LogP contribution in [-0.4, -0.2) is 73.0 Å². The Bertz CT molecular complexity index is 1360. The smallest absolute Gasteiger partial charge is 0.326 e. The van der Waals surface area contributed by atoms with Crippen LogP contribution in [-0.2, 0) is 0 Å². The SMILES string of the molecule is CCOc1ccc(C2=NC(c3ccc(Cl)cc3)C(c3ccc(Cl)cc3)N2C(=O)N2CCN(C)CC2)c(OCC)c1. The molecule has 0 spiro atoms. The first-order valence-electron chi connectivity index (χ1n) is 13.6. The van der Waals surface area contributed by atoms with Crippen molar-refractivity contribution in [1.29, 1.82) is 0 Å². The van der Waals surface area contributed by atoms with Gasteiger partial charge in [-0.2, -0.15) is 0 Å². The number of benzene rings is 3. The summed E-state index contributed by atoms with van der Waals surface area (Å²) in [5.41, 5.74) is 2.64. The first-order valence-corrected chi connectivity index (χ1v) is 14.4. The summed E-state index contributed by atoms with van der Waals surface area (Å²) in [6.07, 6.45) is 0. The minimum atomic E-state index is -0.401. The third-order valence-corrected chi connectivity index (χ3v) is 7.78. The van der Waals surface area contributed by atoms with Crippen molar-refractivity contribution in [1.82, 2.24) is 14.7 Å². The summed E-state index contributed by atoms with van der Waals surface area (Å²) in [5.74, 6) is 1.89. The zero-order valence-electron chi connectivity index (χ0n) is 23.0. The molecule has 9 heteroatoms. The van der Waals surface area contributed by atoms with Crippen LogP contribution in [0.3, 0.4) is 0 Å². The van der Waals surface area contributed by atoms with Gasteiger partial charge < -0.3 is 19.3 Å². The fourth-order valence-electron chi connectivity index (χ4n) is 5.22. The van der Waals surface area contributed by atoms with Crippen molar-refractivity contribution in [3.63, 3.8) is 0 Å². The molecule has 0 N–H and O–H groups in total. The predicted molar refractivity (Wildman–Crippen MR) is 160 cm³/mol. The van der Waals surface area contributed by atoms with E-state index in [0.29, 0.717) is 53.7 Å². The van der Waals surface area contributed by atoms with E-state index in [1.165, 1.54) is 0 Å². The van der Waals surface area contributed by atoms with Crippen molar-refractivity contribution in [3.05, 3.63) is 93.5 Å². The number of urea groups is 1. The average Bonchev–Trinajstić information content (AvgIpc) is 3.35. The van der Waals surface area contributed by atoms with Gasteiger partial charge in [-0.15, -0.1) is 0 Å². The fourth-order valence-corrected chi connectivity index (χ4v) is 5.48. The lowest BCUT2D eigenvalue weighted by atomic mass is 9.93. The summed E-state index contributed by atoms with van der Waals surface area (Å²) in [5, 5.41) is 1.28. The summed E-state index contributed by atoms with van der Waals surface area (Å²) < 4.78 is 11.8. The van der Waals surface area contributed by atoms with Gasteiger partial charge in [0.05, 0.1) is 24.8 Å². The number of ether oxygens (including phenoxy) is 2. The Kier molecular flexibility index (Phi) is 8.84. The molecule has 0 bridgehead atoms. The number of amides is 2. The van der Waals surface area contributed by atoms with E-state index in [0.717, 1.165) is 29.8 Å². The number of likely N-dealkylation sites (N-methyl/N-ethyl adjacent to an activating group) is 1. The third-order valence-electron chi connectivity index (χ3n) is 7.27. The molecule has 5 rings (SSSR count). The van der Waals surface area contributed by atoms with Gasteiger partial charge in [0.15, 0.2) is 0 Å². The van der Waals surface area contributed by atoms with E-state index >= 15 is 0 Å². The van der Waals surface area contributed by atoms with E-state index in [1.54, 1.807) is 0 Å². The molecule has 3 aromatic carbocycles. The second-order valence-electron chi connectivity index (χ2n) is 9.91. The van der Waals surface area contributed by atoms with E-state index in [4.69, 9.17) is 37.7 Å². The molecular formula is C31H34Cl2N4O3. The Morgan fingerprint density at radius 3 is 2.05 bits per heavy atom. The Labute approximate surface area is 245 Å². The lowest BCUT2D eigenvalue weighted by molar-refractivity contribution is 0.130. The highest BCUT2D eigenvalue weighted by Gasteiger charge is 2.44. The van der Waals surface area contributed by atoms with Crippen LogP contribution < -0.4 is 9.47 Å². The largest absolute Gasteiger partial charge is 0.494 e. The topological polar surface area (TPSA) is 57.6 Å². The lowest BCUT2D eigenvalue weighted by Crippen LogP contribution is -2.53. The second kappa shape index (κ2) is 12.5. The Balaban J connectivity index is 1.68. The van der Waals surface area contributed by atoms with Crippen LogP contribution in [0.2, 0.25) is 10.0 Å². The van der Waals surface area contributed by atoms with E-state index in [2.05, 4.69) is 11.9 Å². The molecule has 0 saturated carbocycles. The Morgan fingerprint density at radius 2 is 1.45 bits per heavy atom. The van der Waals surface area contributed by atoms with Crippen LogP contribution in [0.4, 0.5) is 4.79 Å². The van der Waals surface area contributed by atoms with Crippen molar-refractivity contribution in [2.75, 3.05) is 46.4 Å². The summed E-state index contributed by atoms with van der Waals surface area (Å²) in [6.45, 7) is 7.78. The summed E-state index contributed by atoms with van der Waals surface area (Å²) in [6, 6.07) is 20.2. The molecule has 2 aliphatic heterocycles. The highest BCUT2D eigenvalue weighted by atomic mass is 35.5. The van der Waals surface area contributed by atoms with Crippen LogP contribution in [0.1, 0.15) is 42.6 Å². The highest BCUT2D eigenvalue weighted by molar-refractivity contribution is 6.30. The number of carbonyl (C=O) groups excluding carboxylic acids is 1. The maximum Gasteiger partial charge on any atom is 0.326 e. The molecule has 2 unspecified atom stereocenters. The van der Waals surface area contributed by atoms with Gasteiger partial charge in [-0.3, -0.25) is 9.89 Å². The van der Waals surface area contributed by atoms with Gasteiger partial charge in [0.1, 0.15) is 23.4 Å². The molecule has 3 aromatic rings. The fraction of sp³-hybridized carbons (Fsp3) is 0.355. The number of rotatable bonds is 7. The average molecular weight is 582 g/mol. The van der Waals surface area contributed by atoms with E-state index < -0.39 is 6.04 Å². The van der Waals surface area contributed by atoms with Gasteiger partial charge in [0.25, 0.3) is 0 Å². The van der Waals surface area contributed by atoms with Gasteiger partial charge in [-0.05, 0) is 68.4 Å². The molecule has 0 aromatic heterocycles. The van der Waals surface area contributed by atoms with Crippen molar-refractivity contribution >= 4 is 35.1 Å². The lowest BCUT2D eigenvalue weighted by Gasteiger charge is -2.38. The standard InChI is InChI=1S/C31H34Cl2N4O3/c1-4-39-25-14-15-26(27(20-25)40-5-2)30-34-28(21-6-10-23(32)11-7-21)29(22-8-12-24(33)13-9-22)37(30)31(38)36-18-16-35(3)17-19-36/h6-15,20,28-29H,4-5,16-19H2,1-3H3. The van der Waals surface area contributed by atoms with Crippen LogP contribution >= 0.6 is 23.2 Å². The summed E-state index contributed by atoms with van der Waals surface area (Å²) >= 11 is 12.5. The minimum absolute atomic E-state index is 0.0837. The number of amidine groups is 1. The molecule has 0 aliphatic carbocycles. The van der Waals surface area contributed by atoms with E-state index in [9.17, 15) is 4.79 Å². The molecule has 40 heavy (non-hydrogen) atoms. The zero-order chi connectivity index (χ0) is 28.2. The molecular weight excluding hydrogens is 547 g/mol. The number of hydrogen-bond donors (Lipinski definition) is 0. The van der Waals surface area contributed by atoms with Gasteiger partial charge >= 0.3 is 6.03 Å². The molecule has 2 heterocycles. The second-order valence-corrected chi connectivity index (χ2v) is 10.8. The normalized spacial score (nSPS) is 19.5. The van der Waals surface area contributed by atoms with Gasteiger partial charge in [-0.1, -0.05) is 47.5 Å². The van der Waals surface area contributed by atoms with Gasteiger partial charge in [0.2, 0.25) is 0 Å². The van der Waals surface area contributed by atoms with Crippen LogP contribution in [0.15, 0.2) is 71.7 Å². The van der Waals surface area contributed by atoms with Crippen LogP contribution in [0.5, 0.6) is 11.5 Å². The summed E-state index contributed by atoms with van der Waals surface area (Å²) in [7, 11) is 2.08. The maximum absolute atomic E-state index is 14.5. The molecule has 210 valence electrons. The van der Waals surface area contributed by atoms with Crippen molar-refractivity contribution in [2.45, 2.75) is 25.9 Å². The number of carbonyl (C=O) groups is 1. The van der Waals surface area contributed by atoms with Crippen molar-refractivity contribution in [2.24, 2.45) is 4.99 Å². The van der Waals surface area contributed by atoms with Crippen LogP contribution in [0.25, 0.3) is 0 Å². The van der Waals surface area contributed by atoms with E-state index in [1.807, 2.05) is 90.4 Å². The monoisotopic (exact) mass is 580 g/mol. The quantitative estimate of drug-likeness (QED) is 0.312. The number of hydrogen-bond acceptors (Lipinski definition) is 5. The molecule has 1 fully saturated rings. The Morgan fingerprint density at radius 1 is 0.850 bits per heavy atom. The Hall–Kier alpha value is -3.26. The van der Waals surface area contributed by atoms with Gasteiger partial charge in [0, 0.05) is 42.3 Å². The number of halogens is 2.